The summed E-state index contributed by atoms with van der Waals surface area (Å²) in [6.07, 6.45) is 1.52. The van der Waals surface area contributed by atoms with E-state index in [-0.39, 0.29) is 34.8 Å². The normalized spacial score (nSPS) is 15.5. The summed E-state index contributed by atoms with van der Waals surface area (Å²) in [6, 6.07) is 12.6. The van der Waals surface area contributed by atoms with Crippen molar-refractivity contribution in [2.45, 2.75) is 12.6 Å². The molecule has 1 N–H and O–H groups in total. The number of carbonyl (C=O) groups excluding carboxylic acids is 1. The van der Waals surface area contributed by atoms with Crippen LogP contribution in [0.3, 0.4) is 0 Å². The van der Waals surface area contributed by atoms with E-state index >= 15 is 0 Å². The summed E-state index contributed by atoms with van der Waals surface area (Å²) in [6.45, 7) is 0.142. The van der Waals surface area contributed by atoms with Crippen molar-refractivity contribution in [1.82, 2.24) is 4.90 Å². The van der Waals surface area contributed by atoms with Crippen LogP contribution in [0.25, 0.3) is 11.0 Å². The van der Waals surface area contributed by atoms with Gasteiger partial charge in [0, 0.05) is 4.47 Å². The average molecular weight is 482 g/mol. The van der Waals surface area contributed by atoms with Gasteiger partial charge in [-0.05, 0) is 48.0 Å². The number of hydrogen-bond acceptors (Lipinski definition) is 6. The molecule has 0 bridgehead atoms. The summed E-state index contributed by atoms with van der Waals surface area (Å²) < 4.78 is 17.3. The second kappa shape index (κ2) is 7.31. The Morgan fingerprint density at radius 1 is 1.16 bits per heavy atom. The molecule has 31 heavy (non-hydrogen) atoms. The van der Waals surface area contributed by atoms with E-state index < -0.39 is 11.9 Å². The number of amides is 1. The van der Waals surface area contributed by atoms with Crippen LogP contribution in [0.2, 0.25) is 0 Å². The summed E-state index contributed by atoms with van der Waals surface area (Å²) in [7, 11) is 1.44. The monoisotopic (exact) mass is 481 g/mol. The van der Waals surface area contributed by atoms with Crippen LogP contribution >= 0.6 is 15.9 Å². The number of aromatic hydroxyl groups is 1. The third-order valence-corrected chi connectivity index (χ3v) is 5.85. The number of fused-ring (bicyclic) bond motifs is 2. The van der Waals surface area contributed by atoms with Gasteiger partial charge < -0.3 is 23.6 Å². The molecule has 5 rings (SSSR count). The third kappa shape index (κ3) is 3.11. The Bertz CT molecular complexity index is 1380. The van der Waals surface area contributed by atoms with E-state index in [0.29, 0.717) is 22.3 Å². The van der Waals surface area contributed by atoms with Crippen molar-refractivity contribution in [3.8, 4) is 11.5 Å². The van der Waals surface area contributed by atoms with Crippen molar-refractivity contribution >= 4 is 32.8 Å². The lowest BCUT2D eigenvalue weighted by atomic mass is 9.98. The Balaban J connectivity index is 1.76. The standard InChI is InChI=1S/C23H16BrNO6/c1-29-18-9-12(4-6-16(18)26)20-19-21(27)15-10-13(24)5-7-17(15)31-22(19)23(28)25(20)11-14-3-2-8-30-14/h2-10,20,26H,11H2,1H3/t20-/m1/s1. The SMILES string of the molecule is COc1cc([C@@H]2c3c(oc4ccc(Br)cc4c3=O)C(=O)N2Cc2ccco2)ccc1O. The molecule has 1 aliphatic heterocycles. The number of methoxy groups -OCH3 is 1. The number of phenols is 1. The molecule has 2 aromatic carbocycles. The maximum absolute atomic E-state index is 13.5. The Morgan fingerprint density at radius 2 is 2.00 bits per heavy atom. The number of hydrogen-bond donors (Lipinski definition) is 1. The van der Waals surface area contributed by atoms with Crippen molar-refractivity contribution in [3.63, 3.8) is 0 Å². The van der Waals surface area contributed by atoms with Gasteiger partial charge in [-0.2, -0.15) is 0 Å². The van der Waals surface area contributed by atoms with Gasteiger partial charge in [-0.15, -0.1) is 0 Å². The molecule has 3 heterocycles. The first kappa shape index (κ1) is 19.4. The van der Waals surface area contributed by atoms with Crippen LogP contribution < -0.4 is 10.2 Å². The van der Waals surface area contributed by atoms with Crippen LogP contribution in [-0.2, 0) is 6.54 Å². The summed E-state index contributed by atoms with van der Waals surface area (Å²) in [5.74, 6) is 0.359. The number of nitrogens with zero attached hydrogens (tertiary/aromatic N) is 1. The molecule has 1 amide bonds. The molecule has 0 saturated heterocycles. The minimum Gasteiger partial charge on any atom is -0.504 e. The molecule has 0 unspecified atom stereocenters. The van der Waals surface area contributed by atoms with E-state index in [1.165, 1.54) is 24.3 Å². The number of rotatable bonds is 4. The summed E-state index contributed by atoms with van der Waals surface area (Å²) in [5, 5.41) is 10.4. The number of phenolic OH excluding ortho intramolecular Hbond substituents is 1. The molecule has 0 spiro atoms. The Hall–Kier alpha value is -3.52. The zero-order valence-corrected chi connectivity index (χ0v) is 17.9. The number of ether oxygens (including phenoxy) is 1. The molecule has 4 aromatic rings. The number of halogens is 1. The maximum atomic E-state index is 13.5. The molecule has 0 saturated carbocycles. The average Bonchev–Trinajstić information content (AvgIpc) is 3.37. The highest BCUT2D eigenvalue weighted by Crippen LogP contribution is 2.41. The van der Waals surface area contributed by atoms with Crippen molar-refractivity contribution in [1.29, 1.82) is 0 Å². The molecular weight excluding hydrogens is 466 g/mol. The number of benzene rings is 2. The second-order valence-corrected chi connectivity index (χ2v) is 8.08. The Morgan fingerprint density at radius 3 is 2.74 bits per heavy atom. The molecule has 8 heteroatoms. The molecule has 0 fully saturated rings. The van der Waals surface area contributed by atoms with Crippen LogP contribution in [0.15, 0.2) is 72.9 Å². The van der Waals surface area contributed by atoms with Crippen molar-refractivity contribution < 1.29 is 23.5 Å². The molecule has 156 valence electrons. The fraction of sp³-hybridized carbons (Fsp3) is 0.130. The van der Waals surface area contributed by atoms with E-state index in [1.807, 2.05) is 0 Å². The number of carbonyl (C=O) groups is 1. The second-order valence-electron chi connectivity index (χ2n) is 7.16. The molecular formula is C23H16BrNO6. The highest BCUT2D eigenvalue weighted by Gasteiger charge is 2.43. The van der Waals surface area contributed by atoms with Gasteiger partial charge in [0.05, 0.1) is 36.9 Å². The Kier molecular flexibility index (Phi) is 4.59. The lowest BCUT2D eigenvalue weighted by Crippen LogP contribution is -2.29. The van der Waals surface area contributed by atoms with E-state index in [9.17, 15) is 14.7 Å². The number of furan rings is 1. The lowest BCUT2D eigenvalue weighted by Gasteiger charge is -2.24. The van der Waals surface area contributed by atoms with Crippen LogP contribution in [0.4, 0.5) is 0 Å². The predicted octanol–water partition coefficient (Wildman–Crippen LogP) is 4.61. The minimum absolute atomic E-state index is 0.00317. The van der Waals surface area contributed by atoms with Gasteiger partial charge in [-0.25, -0.2) is 0 Å². The van der Waals surface area contributed by atoms with E-state index in [0.717, 1.165) is 4.47 Å². The van der Waals surface area contributed by atoms with Gasteiger partial charge in [0.1, 0.15) is 11.3 Å². The van der Waals surface area contributed by atoms with Crippen LogP contribution in [-0.4, -0.2) is 23.0 Å². The topological polar surface area (TPSA) is 93.1 Å². The highest BCUT2D eigenvalue weighted by molar-refractivity contribution is 9.10. The first-order valence-electron chi connectivity index (χ1n) is 9.44. The quantitative estimate of drug-likeness (QED) is 0.457. The van der Waals surface area contributed by atoms with Crippen molar-refractivity contribution in [2.24, 2.45) is 0 Å². The van der Waals surface area contributed by atoms with Crippen LogP contribution in [0.5, 0.6) is 11.5 Å². The van der Waals surface area contributed by atoms with Crippen LogP contribution in [0.1, 0.15) is 33.5 Å². The first-order valence-corrected chi connectivity index (χ1v) is 10.2. The van der Waals surface area contributed by atoms with Gasteiger partial charge in [-0.3, -0.25) is 9.59 Å². The minimum atomic E-state index is -0.735. The summed E-state index contributed by atoms with van der Waals surface area (Å²) in [5.41, 5.74) is 0.900. The first-order chi connectivity index (χ1) is 15.0. The molecule has 1 aliphatic rings. The highest BCUT2D eigenvalue weighted by atomic mass is 79.9. The molecule has 2 aromatic heterocycles. The van der Waals surface area contributed by atoms with Crippen molar-refractivity contribution in [2.75, 3.05) is 7.11 Å². The fourth-order valence-corrected chi connectivity index (χ4v) is 4.30. The van der Waals surface area contributed by atoms with E-state index in [4.69, 9.17) is 13.6 Å². The molecule has 0 radical (unpaired) electrons. The molecule has 0 aliphatic carbocycles. The van der Waals surface area contributed by atoms with E-state index in [1.54, 1.807) is 42.5 Å². The Labute approximate surface area is 184 Å². The van der Waals surface area contributed by atoms with Gasteiger partial charge in [-0.1, -0.05) is 22.0 Å². The van der Waals surface area contributed by atoms with Gasteiger partial charge >= 0.3 is 0 Å². The third-order valence-electron chi connectivity index (χ3n) is 5.35. The summed E-state index contributed by atoms with van der Waals surface area (Å²) >= 11 is 3.38. The van der Waals surface area contributed by atoms with Crippen LogP contribution in [0, 0.1) is 0 Å². The lowest BCUT2D eigenvalue weighted by molar-refractivity contribution is 0.0701. The maximum Gasteiger partial charge on any atom is 0.291 e. The van der Waals surface area contributed by atoms with Gasteiger partial charge in [0.25, 0.3) is 5.91 Å². The van der Waals surface area contributed by atoms with E-state index in [2.05, 4.69) is 15.9 Å². The molecule has 1 atom stereocenters. The van der Waals surface area contributed by atoms with Gasteiger partial charge in [0.15, 0.2) is 16.9 Å². The fourth-order valence-electron chi connectivity index (χ4n) is 3.94. The zero-order valence-electron chi connectivity index (χ0n) is 16.3. The molecule has 7 nitrogen and oxygen atoms in total. The largest absolute Gasteiger partial charge is 0.504 e. The predicted molar refractivity (Wildman–Crippen MR) is 115 cm³/mol. The van der Waals surface area contributed by atoms with Gasteiger partial charge in [0.2, 0.25) is 5.76 Å². The smallest absolute Gasteiger partial charge is 0.291 e. The van der Waals surface area contributed by atoms with Crippen molar-refractivity contribution in [3.05, 3.63) is 92.1 Å². The zero-order chi connectivity index (χ0) is 21.7. The summed E-state index contributed by atoms with van der Waals surface area (Å²) in [4.78, 5) is 28.4.